The fourth-order valence-corrected chi connectivity index (χ4v) is 7.87. The number of benzene rings is 1. The molecule has 4 aromatic heterocycles. The molecule has 3 aliphatic rings. The summed E-state index contributed by atoms with van der Waals surface area (Å²) in [7, 11) is 0. The van der Waals surface area contributed by atoms with Gasteiger partial charge in [0.15, 0.2) is 11.5 Å². The van der Waals surface area contributed by atoms with Gasteiger partial charge < -0.3 is 9.72 Å². The van der Waals surface area contributed by atoms with Crippen LogP contribution in [0.4, 0.5) is 0 Å². The topological polar surface area (TPSA) is 93.7 Å². The Kier molecular flexibility index (Phi) is 6.32. The van der Waals surface area contributed by atoms with Gasteiger partial charge in [0.05, 0.1) is 34.9 Å². The molecule has 0 radical (unpaired) electrons. The van der Waals surface area contributed by atoms with E-state index >= 15 is 0 Å². The van der Waals surface area contributed by atoms with Gasteiger partial charge in [-0.1, -0.05) is 29.8 Å². The van der Waals surface area contributed by atoms with Gasteiger partial charge in [0.2, 0.25) is 0 Å². The number of halogens is 1. The number of aromatic amines is 1. The predicted octanol–water partition coefficient (Wildman–Crippen LogP) is 7.11. The highest BCUT2D eigenvalue weighted by Gasteiger charge is 2.47. The molecule has 3 fully saturated rings. The van der Waals surface area contributed by atoms with Crippen molar-refractivity contribution in [1.82, 2.24) is 24.9 Å². The molecule has 9 heteroatoms. The van der Waals surface area contributed by atoms with Crippen LogP contribution in [-0.4, -0.2) is 37.5 Å². The van der Waals surface area contributed by atoms with Crippen molar-refractivity contribution in [2.24, 2.45) is 23.7 Å². The lowest BCUT2D eigenvalue weighted by atomic mass is 9.57. The van der Waals surface area contributed by atoms with Gasteiger partial charge in [-0.05, 0) is 80.4 Å². The summed E-state index contributed by atoms with van der Waals surface area (Å²) in [5, 5.41) is 1.51. The molecule has 2 bridgehead atoms. The van der Waals surface area contributed by atoms with E-state index in [-0.39, 0.29) is 17.8 Å². The normalized spacial score (nSPS) is 22.5. The Morgan fingerprint density at radius 3 is 2.74 bits per heavy atom. The third-order valence-corrected chi connectivity index (χ3v) is 9.76. The third-order valence-electron chi connectivity index (χ3n) is 8.44. The first-order chi connectivity index (χ1) is 19.1. The number of esters is 1. The number of carbonyl (C=O) groups is 1. The van der Waals surface area contributed by atoms with E-state index < -0.39 is 0 Å². The van der Waals surface area contributed by atoms with Gasteiger partial charge in [-0.25, -0.2) is 19.9 Å². The van der Waals surface area contributed by atoms with Crippen molar-refractivity contribution in [1.29, 1.82) is 0 Å². The van der Waals surface area contributed by atoms with E-state index in [1.54, 1.807) is 11.3 Å². The van der Waals surface area contributed by atoms with Crippen molar-refractivity contribution < 1.29 is 9.53 Å². The van der Waals surface area contributed by atoms with Crippen LogP contribution in [0.2, 0.25) is 5.15 Å². The van der Waals surface area contributed by atoms with Gasteiger partial charge in [0, 0.05) is 16.6 Å². The largest absolute Gasteiger partial charge is 0.466 e. The van der Waals surface area contributed by atoms with Crippen molar-refractivity contribution in [2.75, 3.05) is 6.61 Å². The highest BCUT2D eigenvalue weighted by Crippen LogP contribution is 2.50. The predicted molar refractivity (Wildman–Crippen MR) is 154 cm³/mol. The number of hydrogen-bond donors (Lipinski definition) is 1. The second-order valence-corrected chi connectivity index (χ2v) is 12.1. The molecule has 39 heavy (non-hydrogen) atoms. The summed E-state index contributed by atoms with van der Waals surface area (Å²) in [6.45, 7) is 2.30. The van der Waals surface area contributed by atoms with Gasteiger partial charge in [0.25, 0.3) is 0 Å². The zero-order valence-electron chi connectivity index (χ0n) is 21.6. The molecule has 7 nitrogen and oxygen atoms in total. The maximum atomic E-state index is 13.1. The number of ether oxygens (including phenoxy) is 1. The molecule has 2 atom stereocenters. The van der Waals surface area contributed by atoms with E-state index in [4.69, 9.17) is 26.3 Å². The molecule has 3 aliphatic carbocycles. The van der Waals surface area contributed by atoms with Gasteiger partial charge in [-0.2, -0.15) is 0 Å². The van der Waals surface area contributed by atoms with Crippen molar-refractivity contribution >= 4 is 50.2 Å². The Labute approximate surface area is 235 Å². The standard InChI is InChI=1S/C30H28ClN5O2S/c1-2-38-30(37)26-17-9-7-16(8-10-17)20(26)12-19-13-22(24-11-18-5-3-4-6-23(18)39-24)35-28(34-19)21-14-32-29-27(21)36-25(31)15-33-29/h3-6,11,13-17,20,26H,2,7-10,12H2,1H3,(H,32,33)/t16?,17?,20-,26-/m0/s1. The number of H-pyrrole nitrogens is 1. The molecular formula is C30H28ClN5O2S. The Balaban J connectivity index is 1.34. The first kappa shape index (κ1) is 24.7. The van der Waals surface area contributed by atoms with E-state index in [0.717, 1.165) is 34.7 Å². The number of nitrogens with one attached hydrogen (secondary N) is 1. The quantitative estimate of drug-likeness (QED) is 0.224. The molecule has 0 spiro atoms. The van der Waals surface area contributed by atoms with E-state index in [0.29, 0.717) is 47.0 Å². The van der Waals surface area contributed by atoms with Gasteiger partial charge in [0.1, 0.15) is 10.7 Å². The lowest BCUT2D eigenvalue weighted by Gasteiger charge is -2.47. The van der Waals surface area contributed by atoms with Gasteiger partial charge in [-0.3, -0.25) is 4.79 Å². The molecule has 0 aliphatic heterocycles. The minimum absolute atomic E-state index is 0.0440. The average molecular weight is 558 g/mol. The molecule has 198 valence electrons. The number of rotatable bonds is 6. The maximum absolute atomic E-state index is 13.1. The summed E-state index contributed by atoms with van der Waals surface area (Å²) in [5.41, 5.74) is 3.84. The van der Waals surface area contributed by atoms with Crippen LogP contribution in [0.15, 0.2) is 48.8 Å². The van der Waals surface area contributed by atoms with E-state index in [1.807, 2.05) is 13.1 Å². The lowest BCUT2D eigenvalue weighted by molar-refractivity contribution is -0.158. The SMILES string of the molecule is CCOC(=O)[C@H]1C2CCC(CC2)[C@@H]1Cc1cc(-c2cc3ccccc3s2)nc(-c2c[nH]c3ncc(Cl)nc23)n1. The van der Waals surface area contributed by atoms with Crippen molar-refractivity contribution in [3.63, 3.8) is 0 Å². The zero-order chi connectivity index (χ0) is 26.5. The molecule has 0 unspecified atom stereocenters. The van der Waals surface area contributed by atoms with Crippen LogP contribution in [0, 0.1) is 23.7 Å². The third kappa shape index (κ3) is 4.49. The van der Waals surface area contributed by atoms with Crippen molar-refractivity contribution in [3.05, 3.63) is 59.6 Å². The van der Waals surface area contributed by atoms with Crippen LogP contribution in [0.1, 0.15) is 38.3 Å². The second-order valence-electron chi connectivity index (χ2n) is 10.6. The number of carbonyl (C=O) groups excluding carboxylic acids is 1. The minimum Gasteiger partial charge on any atom is -0.466 e. The Morgan fingerprint density at radius 1 is 1.10 bits per heavy atom. The van der Waals surface area contributed by atoms with Crippen molar-refractivity contribution in [2.45, 2.75) is 39.0 Å². The number of aromatic nitrogens is 5. The fourth-order valence-electron chi connectivity index (χ4n) is 6.71. The Morgan fingerprint density at radius 2 is 1.92 bits per heavy atom. The Bertz CT molecular complexity index is 1660. The van der Waals surface area contributed by atoms with Crippen LogP contribution >= 0.6 is 22.9 Å². The van der Waals surface area contributed by atoms with Crippen LogP contribution in [0.25, 0.3) is 43.2 Å². The molecular weight excluding hydrogens is 530 g/mol. The summed E-state index contributed by atoms with van der Waals surface area (Å²) in [6.07, 6.45) is 8.65. The highest BCUT2D eigenvalue weighted by atomic mass is 35.5. The second kappa shape index (κ2) is 9.99. The number of fused-ring (bicyclic) bond motifs is 5. The summed E-state index contributed by atoms with van der Waals surface area (Å²) < 4.78 is 6.78. The maximum Gasteiger partial charge on any atom is 0.309 e. The van der Waals surface area contributed by atoms with Crippen molar-refractivity contribution in [3.8, 4) is 22.0 Å². The van der Waals surface area contributed by atoms with Gasteiger partial charge in [-0.15, -0.1) is 11.3 Å². The first-order valence-electron chi connectivity index (χ1n) is 13.6. The Hall–Kier alpha value is -3.36. The van der Waals surface area contributed by atoms with Crippen LogP contribution in [0.3, 0.4) is 0 Å². The summed E-state index contributed by atoms with van der Waals surface area (Å²) in [4.78, 5) is 36.4. The molecule has 3 saturated carbocycles. The lowest BCUT2D eigenvalue weighted by Crippen LogP contribution is -2.45. The van der Waals surface area contributed by atoms with Crippen LogP contribution in [-0.2, 0) is 16.0 Å². The fraction of sp³-hybridized carbons (Fsp3) is 0.367. The molecule has 8 rings (SSSR count). The zero-order valence-corrected chi connectivity index (χ0v) is 23.1. The van der Waals surface area contributed by atoms with E-state index in [9.17, 15) is 4.79 Å². The minimum atomic E-state index is -0.0681. The summed E-state index contributed by atoms with van der Waals surface area (Å²) in [6, 6.07) is 12.7. The first-order valence-corrected chi connectivity index (χ1v) is 14.8. The average Bonchev–Trinajstić information content (AvgIpc) is 3.58. The van der Waals surface area contributed by atoms with Crippen LogP contribution < -0.4 is 0 Å². The van der Waals surface area contributed by atoms with Crippen LogP contribution in [0.5, 0.6) is 0 Å². The highest BCUT2D eigenvalue weighted by molar-refractivity contribution is 7.22. The molecule has 1 aromatic carbocycles. The molecule has 1 N–H and O–H groups in total. The molecule has 5 aromatic rings. The smallest absolute Gasteiger partial charge is 0.309 e. The molecule has 0 amide bonds. The monoisotopic (exact) mass is 557 g/mol. The van der Waals surface area contributed by atoms with E-state index in [1.165, 1.54) is 29.1 Å². The van der Waals surface area contributed by atoms with Gasteiger partial charge >= 0.3 is 5.97 Å². The molecule has 4 heterocycles. The number of thiophene rings is 1. The summed E-state index contributed by atoms with van der Waals surface area (Å²) >= 11 is 7.92. The number of nitrogens with zero attached hydrogens (tertiary/aromatic N) is 4. The summed E-state index contributed by atoms with van der Waals surface area (Å²) in [5.74, 6) is 1.59. The van der Waals surface area contributed by atoms with E-state index in [2.05, 4.69) is 51.4 Å². The number of hydrogen-bond acceptors (Lipinski definition) is 7. The molecule has 0 saturated heterocycles.